The summed E-state index contributed by atoms with van der Waals surface area (Å²) in [4.78, 5) is 39.8. The summed E-state index contributed by atoms with van der Waals surface area (Å²) < 4.78 is 5.17. The van der Waals surface area contributed by atoms with Crippen LogP contribution in [0.4, 0.5) is 4.79 Å². The molecule has 4 atom stereocenters. The van der Waals surface area contributed by atoms with Gasteiger partial charge in [0, 0.05) is 17.7 Å². The number of alkyl carbamates (subject to hydrolysis) is 1. The normalized spacial score (nSPS) is 26.8. The van der Waals surface area contributed by atoms with E-state index in [9.17, 15) is 14.4 Å². The summed E-state index contributed by atoms with van der Waals surface area (Å²) in [5, 5.41) is 2.66. The van der Waals surface area contributed by atoms with Crippen molar-refractivity contribution in [1.29, 1.82) is 0 Å². The van der Waals surface area contributed by atoms with E-state index in [1.165, 1.54) is 5.56 Å². The second-order valence-corrected chi connectivity index (χ2v) is 9.50. The van der Waals surface area contributed by atoms with Crippen LogP contribution in [-0.4, -0.2) is 58.4 Å². The molecule has 1 N–H and O–H groups in total. The zero-order valence-corrected chi connectivity index (χ0v) is 17.7. The molecule has 0 spiro atoms. The lowest BCUT2D eigenvalue weighted by molar-refractivity contribution is -0.136. The van der Waals surface area contributed by atoms with Crippen molar-refractivity contribution < 1.29 is 19.1 Å². The van der Waals surface area contributed by atoms with E-state index in [2.05, 4.69) is 24.4 Å². The number of fused-ring (bicyclic) bond motifs is 2. The van der Waals surface area contributed by atoms with Crippen LogP contribution in [0.15, 0.2) is 24.3 Å². The van der Waals surface area contributed by atoms with Gasteiger partial charge >= 0.3 is 6.09 Å². The summed E-state index contributed by atoms with van der Waals surface area (Å²) in [5.74, 6) is 0.0154. The second kappa shape index (κ2) is 8.25. The number of nitrogens with zero attached hydrogens (tertiary/aromatic N) is 1. The number of ketones is 2. The Morgan fingerprint density at radius 3 is 2.54 bits per heavy atom. The highest BCUT2D eigenvalue weighted by molar-refractivity contribution is 8.00. The molecule has 7 heteroatoms. The summed E-state index contributed by atoms with van der Waals surface area (Å²) >= 11 is 1.72. The minimum atomic E-state index is -0.808. The lowest BCUT2D eigenvalue weighted by atomic mass is 9.82. The lowest BCUT2D eigenvalue weighted by Gasteiger charge is -2.34. The molecule has 0 aromatic heterocycles. The molecule has 28 heavy (non-hydrogen) atoms. The number of thioether (sulfide) groups is 1. The van der Waals surface area contributed by atoms with Crippen molar-refractivity contribution in [2.24, 2.45) is 0 Å². The molecule has 1 aromatic carbocycles. The zero-order valence-electron chi connectivity index (χ0n) is 16.9. The van der Waals surface area contributed by atoms with Crippen LogP contribution >= 0.6 is 11.8 Å². The highest BCUT2D eigenvalue weighted by Gasteiger charge is 2.49. The number of rotatable bonds is 5. The maximum atomic E-state index is 13.2. The molecule has 0 aliphatic carbocycles. The molecule has 0 saturated carbocycles. The van der Waals surface area contributed by atoms with E-state index >= 15 is 0 Å². The SMILES string of the molecule is CCc1ccc(C2C(=O)C(C(=O)CNC(=O)OC(C)(C)C)N3CSC2C3)cc1. The molecule has 4 unspecified atom stereocenters. The predicted molar refractivity (Wildman–Crippen MR) is 110 cm³/mol. The van der Waals surface area contributed by atoms with Crippen LogP contribution in [0.2, 0.25) is 0 Å². The number of benzene rings is 1. The predicted octanol–water partition coefficient (Wildman–Crippen LogP) is 2.75. The molecular weight excluding hydrogens is 376 g/mol. The van der Waals surface area contributed by atoms with Gasteiger partial charge in [-0.3, -0.25) is 14.5 Å². The Bertz CT molecular complexity index is 757. The van der Waals surface area contributed by atoms with Gasteiger partial charge in [0.15, 0.2) is 11.6 Å². The molecule has 2 fully saturated rings. The topological polar surface area (TPSA) is 75.7 Å². The van der Waals surface area contributed by atoms with Crippen molar-refractivity contribution in [2.75, 3.05) is 19.0 Å². The molecule has 3 rings (SSSR count). The molecule has 0 radical (unpaired) electrons. The minimum Gasteiger partial charge on any atom is -0.444 e. The minimum absolute atomic E-state index is 0.0681. The number of ether oxygens (including phenoxy) is 1. The number of nitrogens with one attached hydrogen (secondary N) is 1. The summed E-state index contributed by atoms with van der Waals surface area (Å²) in [5.41, 5.74) is 1.56. The van der Waals surface area contributed by atoms with Crippen molar-refractivity contribution in [2.45, 2.75) is 56.9 Å². The van der Waals surface area contributed by atoms with Crippen molar-refractivity contribution in [3.05, 3.63) is 35.4 Å². The number of piperidine rings is 1. The number of carbonyl (C=O) groups excluding carboxylic acids is 3. The third kappa shape index (κ3) is 4.58. The molecule has 1 aromatic rings. The number of carbonyl (C=O) groups is 3. The van der Waals surface area contributed by atoms with Crippen molar-refractivity contribution in [1.82, 2.24) is 10.2 Å². The Morgan fingerprint density at radius 1 is 1.25 bits per heavy atom. The first kappa shape index (κ1) is 20.9. The van der Waals surface area contributed by atoms with E-state index in [0.717, 1.165) is 12.0 Å². The first-order valence-corrected chi connectivity index (χ1v) is 10.7. The van der Waals surface area contributed by atoms with Gasteiger partial charge < -0.3 is 10.1 Å². The van der Waals surface area contributed by atoms with Crippen LogP contribution in [0.5, 0.6) is 0 Å². The third-order valence-electron chi connectivity index (χ3n) is 5.04. The van der Waals surface area contributed by atoms with Crippen LogP contribution < -0.4 is 5.32 Å². The second-order valence-electron chi connectivity index (χ2n) is 8.31. The number of hydrogen-bond acceptors (Lipinski definition) is 6. The monoisotopic (exact) mass is 404 g/mol. The Kier molecular flexibility index (Phi) is 6.15. The van der Waals surface area contributed by atoms with Gasteiger partial charge in [0.25, 0.3) is 0 Å². The van der Waals surface area contributed by atoms with Crippen LogP contribution in [0.25, 0.3) is 0 Å². The average Bonchev–Trinajstić information content (AvgIpc) is 3.03. The Hall–Kier alpha value is -1.86. The van der Waals surface area contributed by atoms with E-state index < -0.39 is 17.7 Å². The fraction of sp³-hybridized carbons (Fsp3) is 0.571. The molecule has 2 bridgehead atoms. The molecule has 2 aliphatic heterocycles. The van der Waals surface area contributed by atoms with Gasteiger partial charge in [0.05, 0.1) is 12.5 Å². The van der Waals surface area contributed by atoms with Gasteiger partial charge in [-0.15, -0.1) is 11.8 Å². The summed E-state index contributed by atoms with van der Waals surface area (Å²) in [6, 6.07) is 7.31. The maximum absolute atomic E-state index is 13.2. The number of aryl methyl sites for hydroxylation is 1. The fourth-order valence-corrected chi connectivity index (χ4v) is 5.13. The van der Waals surface area contributed by atoms with Gasteiger partial charge in [0.1, 0.15) is 11.6 Å². The van der Waals surface area contributed by atoms with E-state index in [-0.39, 0.29) is 29.3 Å². The highest BCUT2D eigenvalue weighted by Crippen LogP contribution is 2.42. The smallest absolute Gasteiger partial charge is 0.408 e. The molecule has 1 amide bonds. The molecule has 2 aliphatic rings. The van der Waals surface area contributed by atoms with Gasteiger partial charge in [-0.2, -0.15) is 0 Å². The van der Waals surface area contributed by atoms with E-state index in [0.29, 0.717) is 12.4 Å². The van der Waals surface area contributed by atoms with Crippen LogP contribution in [0, 0.1) is 0 Å². The molecule has 152 valence electrons. The van der Waals surface area contributed by atoms with Crippen molar-refractivity contribution in [3.8, 4) is 0 Å². The molecular formula is C21H28N2O4S. The summed E-state index contributed by atoms with van der Waals surface area (Å²) in [7, 11) is 0. The summed E-state index contributed by atoms with van der Waals surface area (Å²) in [6.07, 6.45) is 0.298. The van der Waals surface area contributed by atoms with Gasteiger partial charge in [-0.1, -0.05) is 31.2 Å². The Labute approximate surface area is 170 Å². The largest absolute Gasteiger partial charge is 0.444 e. The molecule has 2 heterocycles. The number of amides is 1. The zero-order chi connectivity index (χ0) is 20.5. The maximum Gasteiger partial charge on any atom is 0.408 e. The number of Topliss-reactive ketones (excluding diaryl/α,β-unsaturated/α-hetero) is 2. The van der Waals surface area contributed by atoms with E-state index in [1.807, 2.05) is 17.0 Å². The number of hydrogen-bond donors (Lipinski definition) is 1. The van der Waals surface area contributed by atoms with E-state index in [1.54, 1.807) is 32.5 Å². The highest BCUT2D eigenvalue weighted by atomic mass is 32.2. The van der Waals surface area contributed by atoms with Crippen LogP contribution in [0.3, 0.4) is 0 Å². The fourth-order valence-electron chi connectivity index (χ4n) is 3.71. The summed E-state index contributed by atoms with van der Waals surface area (Å²) in [6.45, 7) is 7.87. The third-order valence-corrected chi connectivity index (χ3v) is 6.37. The Balaban J connectivity index is 1.71. The van der Waals surface area contributed by atoms with Crippen molar-refractivity contribution in [3.63, 3.8) is 0 Å². The average molecular weight is 405 g/mol. The van der Waals surface area contributed by atoms with E-state index in [4.69, 9.17) is 4.74 Å². The standard InChI is InChI=1S/C21H28N2O4S/c1-5-13-6-8-14(9-7-13)17-16-11-23(12-28-16)18(19(17)25)15(24)10-22-20(26)27-21(2,3)4/h6-9,16-18H,5,10-12H2,1-4H3,(H,22,26). The first-order chi connectivity index (χ1) is 13.2. The van der Waals surface area contributed by atoms with Gasteiger partial charge in [-0.25, -0.2) is 4.79 Å². The van der Waals surface area contributed by atoms with Crippen LogP contribution in [-0.2, 0) is 20.7 Å². The van der Waals surface area contributed by atoms with Gasteiger partial charge in [0.2, 0.25) is 0 Å². The van der Waals surface area contributed by atoms with Crippen molar-refractivity contribution >= 4 is 29.4 Å². The first-order valence-electron chi connectivity index (χ1n) is 9.67. The molecule has 6 nitrogen and oxygen atoms in total. The molecule has 2 saturated heterocycles. The Morgan fingerprint density at radius 2 is 1.93 bits per heavy atom. The van der Waals surface area contributed by atoms with Gasteiger partial charge in [-0.05, 0) is 38.3 Å². The van der Waals surface area contributed by atoms with Crippen LogP contribution in [0.1, 0.15) is 44.7 Å². The lowest BCUT2D eigenvalue weighted by Crippen LogP contribution is -2.55. The quantitative estimate of drug-likeness (QED) is 0.761.